The normalized spacial score (nSPS) is 23.8. The van der Waals surface area contributed by atoms with E-state index in [0.29, 0.717) is 19.4 Å². The molecule has 1 heterocycles. The largest absolute Gasteiger partial charge is 0.481 e. The van der Waals surface area contributed by atoms with Gasteiger partial charge in [-0.05, 0) is 43.9 Å². The number of aliphatic hydroxyl groups excluding tert-OH is 1. The first-order valence-electron chi connectivity index (χ1n) is 8.35. The van der Waals surface area contributed by atoms with Crippen molar-refractivity contribution >= 4 is 17.7 Å². The van der Waals surface area contributed by atoms with Crippen molar-refractivity contribution < 1.29 is 19.8 Å². The summed E-state index contributed by atoms with van der Waals surface area (Å²) in [7, 11) is 0. The predicted octanol–water partition coefficient (Wildman–Crippen LogP) is 2.77. The molecule has 0 bridgehead atoms. The maximum atomic E-state index is 12.6. The molecule has 0 aromatic heterocycles. The van der Waals surface area contributed by atoms with Gasteiger partial charge in [0.05, 0.1) is 6.10 Å². The van der Waals surface area contributed by atoms with Crippen molar-refractivity contribution in [2.24, 2.45) is 5.41 Å². The van der Waals surface area contributed by atoms with E-state index in [1.54, 1.807) is 0 Å². The minimum Gasteiger partial charge on any atom is -0.481 e. The Hall–Kier alpha value is -2.08. The Bertz CT molecular complexity index is 631. The van der Waals surface area contributed by atoms with E-state index in [-0.39, 0.29) is 19.0 Å². The number of nitrogens with one attached hydrogen (secondary N) is 1. The molecule has 0 spiro atoms. The van der Waals surface area contributed by atoms with Gasteiger partial charge in [0.1, 0.15) is 5.41 Å². The maximum absolute atomic E-state index is 12.6. The standard InChI is InChI=1S/C18H26N2O4/c1-4-8-18(16(22)23)11-20(9-7-15(18)21)17(24)19-14-10-12(2)5-6-13(14)3/h5-6,10,15,21H,4,7-9,11H2,1-3H3,(H,19,24)(H,22,23)/t15-,18-/m1/s1. The van der Waals surface area contributed by atoms with Crippen LogP contribution in [0, 0.1) is 19.3 Å². The molecule has 1 aromatic rings. The van der Waals surface area contributed by atoms with Crippen molar-refractivity contribution in [1.82, 2.24) is 4.90 Å². The van der Waals surface area contributed by atoms with E-state index >= 15 is 0 Å². The van der Waals surface area contributed by atoms with Crippen LogP contribution in [0.25, 0.3) is 0 Å². The lowest BCUT2D eigenvalue weighted by molar-refractivity contribution is -0.162. The first-order valence-corrected chi connectivity index (χ1v) is 8.35. The van der Waals surface area contributed by atoms with Crippen molar-refractivity contribution in [3.63, 3.8) is 0 Å². The minimum absolute atomic E-state index is 0.0219. The Morgan fingerprint density at radius 2 is 2.08 bits per heavy atom. The number of carbonyl (C=O) groups excluding carboxylic acids is 1. The highest BCUT2D eigenvalue weighted by atomic mass is 16.4. The fourth-order valence-electron chi connectivity index (χ4n) is 3.33. The van der Waals surface area contributed by atoms with Crippen molar-refractivity contribution in [2.45, 2.75) is 46.1 Å². The van der Waals surface area contributed by atoms with Crippen LogP contribution in [-0.4, -0.2) is 46.3 Å². The number of piperidine rings is 1. The van der Waals surface area contributed by atoms with Crippen LogP contribution in [-0.2, 0) is 4.79 Å². The van der Waals surface area contributed by atoms with Gasteiger partial charge in [-0.25, -0.2) is 4.79 Å². The van der Waals surface area contributed by atoms with Gasteiger partial charge in [0.25, 0.3) is 0 Å². The molecule has 1 aliphatic heterocycles. The molecule has 0 unspecified atom stereocenters. The summed E-state index contributed by atoms with van der Waals surface area (Å²) in [5.74, 6) is -1.04. The summed E-state index contributed by atoms with van der Waals surface area (Å²) in [6, 6.07) is 5.47. The van der Waals surface area contributed by atoms with Gasteiger partial charge < -0.3 is 20.4 Å². The fourth-order valence-corrected chi connectivity index (χ4v) is 3.33. The number of anilines is 1. The number of benzene rings is 1. The molecule has 1 aliphatic rings. The van der Waals surface area contributed by atoms with E-state index in [0.717, 1.165) is 16.8 Å². The monoisotopic (exact) mass is 334 g/mol. The fraction of sp³-hybridized carbons (Fsp3) is 0.556. The lowest BCUT2D eigenvalue weighted by Gasteiger charge is -2.43. The Labute approximate surface area is 142 Å². The molecule has 2 rings (SSSR count). The first kappa shape index (κ1) is 18.3. The van der Waals surface area contributed by atoms with Crippen molar-refractivity contribution in [2.75, 3.05) is 18.4 Å². The molecule has 1 fully saturated rings. The van der Waals surface area contributed by atoms with Crippen molar-refractivity contribution in [1.29, 1.82) is 0 Å². The lowest BCUT2D eigenvalue weighted by atomic mass is 9.74. The van der Waals surface area contributed by atoms with E-state index in [1.165, 1.54) is 4.90 Å². The third-order valence-corrected chi connectivity index (χ3v) is 4.83. The number of hydrogen-bond acceptors (Lipinski definition) is 3. The average molecular weight is 334 g/mol. The number of carbonyl (C=O) groups is 2. The molecular formula is C18H26N2O4. The van der Waals surface area contributed by atoms with Crippen LogP contribution in [0.4, 0.5) is 10.5 Å². The summed E-state index contributed by atoms with van der Waals surface area (Å²) in [5.41, 5.74) is 1.42. The van der Waals surface area contributed by atoms with Crippen LogP contribution in [0.15, 0.2) is 18.2 Å². The van der Waals surface area contributed by atoms with Crippen LogP contribution in [0.3, 0.4) is 0 Å². The Balaban J connectivity index is 2.18. The second-order valence-electron chi connectivity index (χ2n) is 6.69. The number of likely N-dealkylation sites (tertiary alicyclic amines) is 1. The van der Waals surface area contributed by atoms with E-state index in [9.17, 15) is 19.8 Å². The van der Waals surface area contributed by atoms with Gasteiger partial charge in [-0.2, -0.15) is 0 Å². The highest BCUT2D eigenvalue weighted by molar-refractivity contribution is 5.91. The van der Waals surface area contributed by atoms with E-state index in [2.05, 4.69) is 5.32 Å². The van der Waals surface area contributed by atoms with Crippen LogP contribution in [0.5, 0.6) is 0 Å². The number of hydrogen-bond donors (Lipinski definition) is 3. The Morgan fingerprint density at radius 1 is 1.38 bits per heavy atom. The molecule has 3 N–H and O–H groups in total. The Kier molecular flexibility index (Phi) is 5.49. The van der Waals surface area contributed by atoms with E-state index < -0.39 is 17.5 Å². The summed E-state index contributed by atoms with van der Waals surface area (Å²) < 4.78 is 0. The summed E-state index contributed by atoms with van der Waals surface area (Å²) in [4.78, 5) is 25.9. The molecule has 6 nitrogen and oxygen atoms in total. The first-order chi connectivity index (χ1) is 11.3. The van der Waals surface area contributed by atoms with Crippen molar-refractivity contribution in [3.8, 4) is 0 Å². The number of rotatable bonds is 4. The third kappa shape index (κ3) is 3.53. The van der Waals surface area contributed by atoms with Crippen LogP contribution >= 0.6 is 0 Å². The zero-order valence-electron chi connectivity index (χ0n) is 14.5. The van der Waals surface area contributed by atoms with Crippen LogP contribution in [0.2, 0.25) is 0 Å². The second-order valence-corrected chi connectivity index (χ2v) is 6.69. The Morgan fingerprint density at radius 3 is 2.71 bits per heavy atom. The minimum atomic E-state index is -1.29. The summed E-state index contributed by atoms with van der Waals surface area (Å²) >= 11 is 0. The number of aryl methyl sites for hydroxylation is 2. The van der Waals surface area contributed by atoms with Gasteiger partial charge in [0, 0.05) is 18.8 Å². The molecule has 2 atom stereocenters. The van der Waals surface area contributed by atoms with Gasteiger partial charge in [-0.3, -0.25) is 4.79 Å². The molecule has 0 radical (unpaired) electrons. The lowest BCUT2D eigenvalue weighted by Crippen LogP contribution is -2.57. The molecule has 0 saturated carbocycles. The number of nitrogens with zero attached hydrogens (tertiary/aromatic N) is 1. The topological polar surface area (TPSA) is 89.9 Å². The molecule has 24 heavy (non-hydrogen) atoms. The quantitative estimate of drug-likeness (QED) is 0.790. The van der Waals surface area contributed by atoms with Crippen LogP contribution < -0.4 is 5.32 Å². The predicted molar refractivity (Wildman–Crippen MR) is 92.1 cm³/mol. The molecule has 0 aliphatic carbocycles. The number of carboxylic acid groups (broad SMARTS) is 1. The number of aliphatic hydroxyl groups is 1. The molecule has 6 heteroatoms. The highest BCUT2D eigenvalue weighted by Crippen LogP contribution is 2.35. The van der Waals surface area contributed by atoms with E-state index in [4.69, 9.17) is 0 Å². The molecule has 2 amide bonds. The van der Waals surface area contributed by atoms with Gasteiger partial charge >= 0.3 is 12.0 Å². The van der Waals surface area contributed by atoms with Gasteiger partial charge in [0.2, 0.25) is 0 Å². The summed E-state index contributed by atoms with van der Waals surface area (Å²) in [6.45, 7) is 6.11. The van der Waals surface area contributed by atoms with Gasteiger partial charge in [-0.15, -0.1) is 0 Å². The molecule has 132 valence electrons. The zero-order chi connectivity index (χ0) is 17.9. The number of aliphatic carboxylic acids is 1. The van der Waals surface area contributed by atoms with Crippen molar-refractivity contribution in [3.05, 3.63) is 29.3 Å². The maximum Gasteiger partial charge on any atom is 0.321 e. The average Bonchev–Trinajstić information content (AvgIpc) is 2.53. The highest BCUT2D eigenvalue weighted by Gasteiger charge is 2.49. The second kappa shape index (κ2) is 7.21. The van der Waals surface area contributed by atoms with Gasteiger partial charge in [-0.1, -0.05) is 25.5 Å². The third-order valence-electron chi connectivity index (χ3n) is 4.83. The number of urea groups is 1. The van der Waals surface area contributed by atoms with E-state index in [1.807, 2.05) is 39.0 Å². The van der Waals surface area contributed by atoms with Gasteiger partial charge in [0.15, 0.2) is 0 Å². The van der Waals surface area contributed by atoms with Crippen LogP contribution in [0.1, 0.15) is 37.3 Å². The zero-order valence-corrected chi connectivity index (χ0v) is 14.5. The summed E-state index contributed by atoms with van der Waals surface area (Å²) in [5, 5.41) is 22.8. The molecular weight excluding hydrogens is 308 g/mol. The summed E-state index contributed by atoms with van der Waals surface area (Å²) in [6.07, 6.45) is 0.318. The SMILES string of the molecule is CCC[C@@]1(C(=O)O)CN(C(=O)Nc2cc(C)ccc2C)CC[C@H]1O. The molecule has 1 saturated heterocycles. The molecule has 1 aromatic carbocycles. The number of amides is 2. The smallest absolute Gasteiger partial charge is 0.321 e. The number of carboxylic acids is 1.